The van der Waals surface area contributed by atoms with E-state index in [1.54, 1.807) is 19.0 Å². The molecule has 1 aromatic heterocycles. The van der Waals surface area contributed by atoms with Crippen LogP contribution in [0.3, 0.4) is 0 Å². The molecule has 230 valence electrons. The summed E-state index contributed by atoms with van der Waals surface area (Å²) in [6.45, 7) is -6.06. The standard InChI is InChI=1S/C18H31N3O15P2S2/c1-20(2)10-11(25)8(40-16(10)21-4-3-9(24)19-18(21)29)6-33-38(32,39)36-37(30,31)35-17-14(28)12(26)13(27)15(34-17)7(23)5-22/h3-4,7-8,10-17,22-23,25-28H,5-6H2,1-2H3,(H,30,31)(H,32,39)(H,19,24,29)/t7-,8+,10+,11+,12?,13?,14?,15?,16+,17?,38?/m0/s1. The zero-order valence-corrected chi connectivity index (χ0v) is 24.3. The highest BCUT2D eigenvalue weighted by Gasteiger charge is 2.50. The summed E-state index contributed by atoms with van der Waals surface area (Å²) in [6.07, 6.45) is -11.7. The van der Waals surface area contributed by atoms with E-state index in [0.29, 0.717) is 0 Å². The summed E-state index contributed by atoms with van der Waals surface area (Å²) in [5, 5.41) is 58.1. The second kappa shape index (κ2) is 13.4. The van der Waals surface area contributed by atoms with Gasteiger partial charge in [-0.05, 0) is 25.9 Å². The number of likely N-dealkylation sites (N-methyl/N-ethyl adjacent to an activating group) is 1. The normalized spacial score (nSPS) is 36.7. The number of nitrogens with one attached hydrogen (secondary N) is 1. The van der Waals surface area contributed by atoms with Crippen molar-refractivity contribution >= 4 is 38.1 Å². The van der Waals surface area contributed by atoms with Crippen LogP contribution in [0, 0.1) is 0 Å². The summed E-state index contributed by atoms with van der Waals surface area (Å²) >= 11 is 5.81. The first kappa shape index (κ1) is 33.9. The van der Waals surface area contributed by atoms with Crippen LogP contribution in [0.5, 0.6) is 0 Å². The lowest BCUT2D eigenvalue weighted by Crippen LogP contribution is -2.61. The van der Waals surface area contributed by atoms with Crippen LogP contribution in [-0.4, -0.2) is 136 Å². The summed E-state index contributed by atoms with van der Waals surface area (Å²) in [4.78, 5) is 48.0. The van der Waals surface area contributed by atoms with Gasteiger partial charge in [0, 0.05) is 12.3 Å². The third-order valence-corrected chi connectivity index (χ3v) is 11.1. The van der Waals surface area contributed by atoms with Gasteiger partial charge in [0.15, 0.2) is 6.29 Å². The molecule has 0 aromatic carbocycles. The number of phosphoric acid groups is 1. The molecule has 18 nitrogen and oxygen atoms in total. The SMILES string of the molecule is CN(C)[C@@H]1[C@H](O)[C@@H](COP(O)(=S)OP(=O)(O)OC2OC([C@@H](O)CO)C(O)C(O)C2O)S[C@H]1n1ccc(=O)[nH]c1=O. The maximum Gasteiger partial charge on any atom is 0.481 e. The highest BCUT2D eigenvalue weighted by Crippen LogP contribution is 2.62. The van der Waals surface area contributed by atoms with Crippen LogP contribution in [0.2, 0.25) is 0 Å². The summed E-state index contributed by atoms with van der Waals surface area (Å²) in [5.74, 6) is 0. The molecule has 7 unspecified atom stereocenters. The molecule has 40 heavy (non-hydrogen) atoms. The van der Waals surface area contributed by atoms with Gasteiger partial charge in [0.05, 0.1) is 30.6 Å². The van der Waals surface area contributed by atoms with Crippen molar-refractivity contribution in [2.75, 3.05) is 27.3 Å². The molecule has 0 aliphatic carbocycles. The van der Waals surface area contributed by atoms with Crippen LogP contribution in [0.4, 0.5) is 0 Å². The number of ether oxygens (including phenoxy) is 1. The molecule has 0 amide bonds. The molecule has 3 heterocycles. The van der Waals surface area contributed by atoms with Gasteiger partial charge in [-0.3, -0.25) is 18.9 Å². The van der Waals surface area contributed by atoms with Gasteiger partial charge in [0.25, 0.3) is 5.56 Å². The van der Waals surface area contributed by atoms with Gasteiger partial charge in [-0.15, -0.1) is 11.8 Å². The van der Waals surface area contributed by atoms with Crippen LogP contribution in [-0.2, 0) is 34.5 Å². The Morgan fingerprint density at radius 3 is 2.40 bits per heavy atom. The summed E-state index contributed by atoms with van der Waals surface area (Å²) < 4.78 is 33.1. The number of aromatic amines is 1. The zero-order chi connectivity index (χ0) is 30.2. The third kappa shape index (κ3) is 7.86. The molecule has 9 N–H and O–H groups in total. The Morgan fingerprint density at radius 2 is 1.82 bits per heavy atom. The number of aliphatic hydroxyl groups is 6. The first-order valence-electron chi connectivity index (χ1n) is 11.5. The van der Waals surface area contributed by atoms with Gasteiger partial charge in [-0.1, -0.05) is 0 Å². The largest absolute Gasteiger partial charge is 0.481 e. The fourth-order valence-electron chi connectivity index (χ4n) is 4.14. The van der Waals surface area contributed by atoms with Crippen LogP contribution in [0.15, 0.2) is 21.9 Å². The summed E-state index contributed by atoms with van der Waals surface area (Å²) in [6, 6.07) is 0.450. The number of hydrogen-bond donors (Lipinski definition) is 9. The number of thioether (sulfide) groups is 1. The second-order valence-corrected chi connectivity index (χ2v) is 14.9. The number of aliphatic hydroxyl groups excluding tert-OH is 6. The van der Waals surface area contributed by atoms with E-state index in [0.717, 1.165) is 17.8 Å². The number of aromatic nitrogens is 2. The topological polar surface area (TPSA) is 274 Å². The minimum absolute atomic E-state index is 0.531. The molecule has 12 atom stereocenters. The Hall–Kier alpha value is -0.610. The number of H-pyrrole nitrogens is 1. The van der Waals surface area contributed by atoms with Crippen molar-refractivity contribution in [2.45, 2.75) is 59.6 Å². The van der Waals surface area contributed by atoms with Gasteiger partial charge in [-0.25, -0.2) is 13.7 Å². The van der Waals surface area contributed by atoms with Crippen molar-refractivity contribution in [2.24, 2.45) is 0 Å². The van der Waals surface area contributed by atoms with Gasteiger partial charge in [-0.2, -0.15) is 0 Å². The van der Waals surface area contributed by atoms with Gasteiger partial charge < -0.3 is 54.6 Å². The predicted molar refractivity (Wildman–Crippen MR) is 139 cm³/mol. The van der Waals surface area contributed by atoms with Gasteiger partial charge in [0.2, 0.25) is 0 Å². The van der Waals surface area contributed by atoms with E-state index in [9.17, 15) is 49.5 Å². The monoisotopic (exact) mass is 655 g/mol. The molecule has 2 fully saturated rings. The van der Waals surface area contributed by atoms with Crippen molar-refractivity contribution in [3.63, 3.8) is 0 Å². The fraction of sp³-hybridized carbons (Fsp3) is 0.778. The molecule has 2 aliphatic heterocycles. The molecule has 0 radical (unpaired) electrons. The Balaban J connectivity index is 1.67. The molecule has 2 saturated heterocycles. The average Bonchev–Trinajstić information content (AvgIpc) is 3.17. The predicted octanol–water partition coefficient (Wildman–Crippen LogP) is -4.03. The lowest BCUT2D eigenvalue weighted by atomic mass is 9.96. The van der Waals surface area contributed by atoms with Crippen molar-refractivity contribution in [3.8, 4) is 0 Å². The fourth-order valence-corrected chi connectivity index (χ4v) is 9.04. The summed E-state index contributed by atoms with van der Waals surface area (Å²) in [5.41, 5.74) is -1.34. The quantitative estimate of drug-likeness (QED) is 0.103. The van der Waals surface area contributed by atoms with Gasteiger partial charge in [0.1, 0.15) is 35.9 Å². The van der Waals surface area contributed by atoms with Crippen LogP contribution in [0.25, 0.3) is 0 Å². The van der Waals surface area contributed by atoms with E-state index in [1.165, 1.54) is 10.8 Å². The van der Waals surface area contributed by atoms with Crippen molar-refractivity contribution in [3.05, 3.63) is 33.1 Å². The molecule has 0 saturated carbocycles. The molecule has 2 aliphatic rings. The Labute approximate surface area is 235 Å². The number of rotatable bonds is 11. The smallest absolute Gasteiger partial charge is 0.394 e. The van der Waals surface area contributed by atoms with Gasteiger partial charge >= 0.3 is 20.2 Å². The number of hydrogen-bond acceptors (Lipinski definition) is 16. The molecular formula is C18H31N3O15P2S2. The maximum absolute atomic E-state index is 12.5. The van der Waals surface area contributed by atoms with E-state index >= 15 is 0 Å². The molecular weight excluding hydrogens is 624 g/mol. The van der Waals surface area contributed by atoms with E-state index < -0.39 is 98.6 Å². The van der Waals surface area contributed by atoms with Crippen LogP contribution >= 0.6 is 26.3 Å². The van der Waals surface area contributed by atoms with Crippen molar-refractivity contribution in [1.82, 2.24) is 14.5 Å². The van der Waals surface area contributed by atoms with E-state index in [-0.39, 0.29) is 0 Å². The summed E-state index contributed by atoms with van der Waals surface area (Å²) in [7, 11) is -2.13. The molecule has 1 aromatic rings. The lowest BCUT2D eigenvalue weighted by molar-refractivity contribution is -0.292. The van der Waals surface area contributed by atoms with E-state index in [4.69, 9.17) is 26.2 Å². The van der Waals surface area contributed by atoms with E-state index in [2.05, 4.69) is 13.8 Å². The Kier molecular flexibility index (Phi) is 11.3. The van der Waals surface area contributed by atoms with E-state index in [1.807, 2.05) is 0 Å². The molecule has 22 heteroatoms. The van der Waals surface area contributed by atoms with Crippen molar-refractivity contribution in [1.29, 1.82) is 0 Å². The Morgan fingerprint density at radius 1 is 1.18 bits per heavy atom. The first-order chi connectivity index (χ1) is 18.5. The third-order valence-electron chi connectivity index (χ3n) is 6.08. The molecule has 0 bridgehead atoms. The number of phosphoric ester groups is 1. The number of nitrogens with zero attached hydrogens (tertiary/aromatic N) is 2. The Bertz CT molecular complexity index is 1240. The van der Waals surface area contributed by atoms with Crippen LogP contribution < -0.4 is 11.2 Å². The minimum Gasteiger partial charge on any atom is -0.394 e. The minimum atomic E-state index is -5.42. The molecule has 0 spiro atoms. The highest BCUT2D eigenvalue weighted by atomic mass is 32.5. The zero-order valence-electron chi connectivity index (χ0n) is 20.9. The van der Waals surface area contributed by atoms with Crippen molar-refractivity contribution < 1.29 is 63.1 Å². The highest BCUT2D eigenvalue weighted by molar-refractivity contribution is 8.08. The average molecular weight is 656 g/mol. The maximum atomic E-state index is 12.5. The second-order valence-electron chi connectivity index (χ2n) is 9.14. The lowest BCUT2D eigenvalue weighted by Gasteiger charge is -2.41. The van der Waals surface area contributed by atoms with Crippen LogP contribution in [0.1, 0.15) is 5.37 Å². The first-order valence-corrected chi connectivity index (χ1v) is 16.5. The molecule has 3 rings (SSSR count).